The van der Waals surface area contributed by atoms with E-state index in [0.29, 0.717) is 36.4 Å². The van der Waals surface area contributed by atoms with Gasteiger partial charge in [0.1, 0.15) is 0 Å². The summed E-state index contributed by atoms with van der Waals surface area (Å²) in [4.78, 5) is 25.7. The lowest BCUT2D eigenvalue weighted by Crippen LogP contribution is -2.48. The Bertz CT molecular complexity index is 667. The molecule has 0 aromatic heterocycles. The van der Waals surface area contributed by atoms with Gasteiger partial charge in [-0.1, -0.05) is 23.7 Å². The number of benzene rings is 1. The predicted molar refractivity (Wildman–Crippen MR) is 104 cm³/mol. The zero-order valence-electron chi connectivity index (χ0n) is 15.7. The number of hydrogen-bond acceptors (Lipinski definition) is 4. The van der Waals surface area contributed by atoms with Crippen molar-refractivity contribution in [2.45, 2.75) is 38.3 Å². The van der Waals surface area contributed by atoms with Crippen molar-refractivity contribution in [3.63, 3.8) is 0 Å². The second kappa shape index (κ2) is 9.04. The van der Waals surface area contributed by atoms with Gasteiger partial charge in [-0.25, -0.2) is 0 Å². The molecular formula is C20H28ClN3O3. The van der Waals surface area contributed by atoms with Crippen LogP contribution in [0.5, 0.6) is 0 Å². The molecule has 1 aromatic carbocycles. The standard InChI is InChI=1S/C20H28ClN3O3/c1-13(25)23-18-8-15-10-24(11-16(15)9-19(18)26)12-20(27)22-7-6-14-2-4-17(21)5-3-14/h2-5,15-16,18-19,26H,6-12H2,1H3,(H,22,27)(H,23,25)/t15-,16+,18-,19-/m1/s1. The van der Waals surface area contributed by atoms with Crippen LogP contribution in [0.25, 0.3) is 0 Å². The molecule has 1 aliphatic carbocycles. The van der Waals surface area contributed by atoms with Gasteiger partial charge in [-0.15, -0.1) is 0 Å². The van der Waals surface area contributed by atoms with Crippen molar-refractivity contribution in [2.24, 2.45) is 11.8 Å². The number of halogens is 1. The molecule has 2 fully saturated rings. The van der Waals surface area contributed by atoms with E-state index < -0.39 is 6.10 Å². The average molecular weight is 394 g/mol. The summed E-state index contributed by atoms with van der Waals surface area (Å²) in [7, 11) is 0. The second-order valence-electron chi connectivity index (χ2n) is 7.79. The van der Waals surface area contributed by atoms with E-state index >= 15 is 0 Å². The Morgan fingerprint density at radius 1 is 1.19 bits per heavy atom. The van der Waals surface area contributed by atoms with Crippen LogP contribution >= 0.6 is 11.6 Å². The number of hydrogen-bond donors (Lipinski definition) is 3. The van der Waals surface area contributed by atoms with E-state index in [9.17, 15) is 14.7 Å². The summed E-state index contributed by atoms with van der Waals surface area (Å²) >= 11 is 5.87. The summed E-state index contributed by atoms with van der Waals surface area (Å²) in [6.45, 7) is 4.14. The van der Waals surface area contributed by atoms with Crippen LogP contribution in [0.3, 0.4) is 0 Å². The normalized spacial score (nSPS) is 27.8. The molecule has 0 radical (unpaired) electrons. The molecule has 148 valence electrons. The van der Waals surface area contributed by atoms with Crippen LogP contribution < -0.4 is 10.6 Å². The molecule has 7 heteroatoms. The van der Waals surface area contributed by atoms with Crippen LogP contribution in [0.2, 0.25) is 5.02 Å². The molecule has 0 unspecified atom stereocenters. The Kier molecular flexibility index (Phi) is 6.73. The maximum Gasteiger partial charge on any atom is 0.234 e. The molecule has 1 heterocycles. The van der Waals surface area contributed by atoms with E-state index in [0.717, 1.165) is 31.5 Å². The molecule has 27 heavy (non-hydrogen) atoms. The second-order valence-corrected chi connectivity index (χ2v) is 8.22. The van der Waals surface area contributed by atoms with Gasteiger partial charge in [0.25, 0.3) is 0 Å². The first-order chi connectivity index (χ1) is 12.9. The highest BCUT2D eigenvalue weighted by Gasteiger charge is 2.42. The van der Waals surface area contributed by atoms with Crippen molar-refractivity contribution in [1.82, 2.24) is 15.5 Å². The molecule has 1 aliphatic heterocycles. The Morgan fingerprint density at radius 2 is 1.85 bits per heavy atom. The summed E-state index contributed by atoms with van der Waals surface area (Å²) in [6.07, 6.45) is 1.74. The molecule has 4 atom stereocenters. The fourth-order valence-electron chi connectivity index (χ4n) is 4.33. The van der Waals surface area contributed by atoms with Crippen LogP contribution in [0.15, 0.2) is 24.3 Å². The van der Waals surface area contributed by atoms with Gasteiger partial charge in [0.2, 0.25) is 11.8 Å². The van der Waals surface area contributed by atoms with Crippen molar-refractivity contribution in [2.75, 3.05) is 26.2 Å². The number of carbonyl (C=O) groups excluding carboxylic acids is 2. The summed E-state index contributed by atoms with van der Waals surface area (Å²) in [6, 6.07) is 7.48. The maximum atomic E-state index is 12.2. The topological polar surface area (TPSA) is 81.7 Å². The molecule has 2 aliphatic rings. The lowest BCUT2D eigenvalue weighted by Gasteiger charge is -2.35. The first kappa shape index (κ1) is 20.1. The van der Waals surface area contributed by atoms with Crippen molar-refractivity contribution in [3.8, 4) is 0 Å². The first-order valence-corrected chi connectivity index (χ1v) is 9.97. The van der Waals surface area contributed by atoms with Gasteiger partial charge >= 0.3 is 0 Å². The molecule has 2 amide bonds. The van der Waals surface area contributed by atoms with E-state index in [4.69, 9.17) is 11.6 Å². The van der Waals surface area contributed by atoms with Gasteiger partial charge in [-0.05, 0) is 48.8 Å². The number of aliphatic hydroxyl groups is 1. The Hall–Kier alpha value is -1.63. The lowest BCUT2D eigenvalue weighted by atomic mass is 9.77. The van der Waals surface area contributed by atoms with Crippen LogP contribution in [0, 0.1) is 11.8 Å². The van der Waals surface area contributed by atoms with E-state index in [1.54, 1.807) is 0 Å². The Morgan fingerprint density at radius 3 is 2.52 bits per heavy atom. The molecule has 1 saturated carbocycles. The minimum Gasteiger partial charge on any atom is -0.391 e. The van der Waals surface area contributed by atoms with Crippen LogP contribution in [0.4, 0.5) is 0 Å². The average Bonchev–Trinajstić information content (AvgIpc) is 2.97. The third-order valence-electron chi connectivity index (χ3n) is 5.62. The monoisotopic (exact) mass is 393 g/mol. The van der Waals surface area contributed by atoms with E-state index in [1.807, 2.05) is 24.3 Å². The highest BCUT2D eigenvalue weighted by atomic mass is 35.5. The van der Waals surface area contributed by atoms with Crippen LogP contribution in [0.1, 0.15) is 25.3 Å². The maximum absolute atomic E-state index is 12.2. The zero-order valence-corrected chi connectivity index (χ0v) is 16.4. The third kappa shape index (κ3) is 5.67. The van der Waals surface area contributed by atoms with Crippen molar-refractivity contribution >= 4 is 23.4 Å². The largest absolute Gasteiger partial charge is 0.391 e. The molecule has 3 N–H and O–H groups in total. The Balaban J connectivity index is 1.40. The number of fused-ring (bicyclic) bond motifs is 1. The van der Waals surface area contributed by atoms with Crippen molar-refractivity contribution in [1.29, 1.82) is 0 Å². The SMILES string of the molecule is CC(=O)N[C@@H]1C[C@@H]2CN(CC(=O)NCCc3ccc(Cl)cc3)C[C@@H]2C[C@H]1O. The van der Waals surface area contributed by atoms with Crippen LogP contribution in [-0.2, 0) is 16.0 Å². The van der Waals surface area contributed by atoms with Crippen molar-refractivity contribution < 1.29 is 14.7 Å². The smallest absolute Gasteiger partial charge is 0.234 e. The highest BCUT2D eigenvalue weighted by Crippen LogP contribution is 2.36. The first-order valence-electron chi connectivity index (χ1n) is 9.59. The van der Waals surface area contributed by atoms with Gasteiger partial charge in [-0.3, -0.25) is 14.5 Å². The molecule has 6 nitrogen and oxygen atoms in total. The summed E-state index contributed by atoms with van der Waals surface area (Å²) in [5.41, 5.74) is 1.14. The summed E-state index contributed by atoms with van der Waals surface area (Å²) < 4.78 is 0. The Labute approximate surface area is 165 Å². The quantitative estimate of drug-likeness (QED) is 0.678. The fraction of sp³-hybridized carbons (Fsp3) is 0.600. The third-order valence-corrected chi connectivity index (χ3v) is 5.87. The van der Waals surface area contributed by atoms with Gasteiger partial charge < -0.3 is 15.7 Å². The van der Waals surface area contributed by atoms with E-state index in [1.165, 1.54) is 6.92 Å². The van der Waals surface area contributed by atoms with Crippen LogP contribution in [-0.4, -0.2) is 60.1 Å². The van der Waals surface area contributed by atoms with Gasteiger partial charge in [0, 0.05) is 31.6 Å². The summed E-state index contributed by atoms with van der Waals surface area (Å²) in [5.74, 6) is 0.744. The number of likely N-dealkylation sites (tertiary alicyclic amines) is 1. The van der Waals surface area contributed by atoms with Crippen molar-refractivity contribution in [3.05, 3.63) is 34.9 Å². The number of nitrogens with one attached hydrogen (secondary N) is 2. The van der Waals surface area contributed by atoms with Gasteiger partial charge in [0.05, 0.1) is 18.7 Å². The molecule has 1 aromatic rings. The van der Waals surface area contributed by atoms with Gasteiger partial charge in [-0.2, -0.15) is 0 Å². The molecular weight excluding hydrogens is 366 g/mol. The van der Waals surface area contributed by atoms with Gasteiger partial charge in [0.15, 0.2) is 0 Å². The zero-order chi connectivity index (χ0) is 19.4. The molecule has 3 rings (SSSR count). The minimum atomic E-state index is -0.497. The molecule has 1 saturated heterocycles. The number of aliphatic hydroxyl groups excluding tert-OH is 1. The predicted octanol–water partition coefficient (Wildman–Crippen LogP) is 1.21. The number of nitrogens with zero attached hydrogens (tertiary/aromatic N) is 1. The fourth-order valence-corrected chi connectivity index (χ4v) is 4.46. The van der Waals surface area contributed by atoms with E-state index in [2.05, 4.69) is 15.5 Å². The number of amides is 2. The highest BCUT2D eigenvalue weighted by molar-refractivity contribution is 6.30. The molecule has 0 bridgehead atoms. The minimum absolute atomic E-state index is 0.0292. The summed E-state index contributed by atoms with van der Waals surface area (Å²) in [5, 5.41) is 16.8. The lowest BCUT2D eigenvalue weighted by molar-refractivity contribution is -0.122. The van der Waals surface area contributed by atoms with E-state index in [-0.39, 0.29) is 17.9 Å². The number of rotatable bonds is 6. The molecule has 0 spiro atoms. The number of carbonyl (C=O) groups is 2.